The average molecular weight is 499 g/mol. The van der Waals surface area contributed by atoms with Gasteiger partial charge in [-0.1, -0.05) is 6.07 Å². The van der Waals surface area contributed by atoms with E-state index in [0.29, 0.717) is 58.9 Å². The number of nitrogens with zero attached hydrogens (tertiary/aromatic N) is 1. The zero-order chi connectivity index (χ0) is 24.8. The van der Waals surface area contributed by atoms with Crippen molar-refractivity contribution >= 4 is 34.9 Å². The molecule has 35 heavy (non-hydrogen) atoms. The van der Waals surface area contributed by atoms with Crippen molar-refractivity contribution in [2.45, 2.75) is 13.3 Å². The Morgan fingerprint density at radius 2 is 1.91 bits per heavy atom. The first kappa shape index (κ1) is 24.5. The van der Waals surface area contributed by atoms with Crippen molar-refractivity contribution in [3.63, 3.8) is 0 Å². The van der Waals surface area contributed by atoms with E-state index < -0.39 is 5.91 Å². The van der Waals surface area contributed by atoms with Gasteiger partial charge in [-0.2, -0.15) is 0 Å². The van der Waals surface area contributed by atoms with Crippen LogP contribution in [0, 0.1) is 0 Å². The van der Waals surface area contributed by atoms with Gasteiger partial charge in [-0.05, 0) is 60.7 Å². The normalized spacial score (nSPS) is 16.3. The molecule has 4 rings (SSSR count). The minimum Gasteiger partial charge on any atom is -0.493 e. The van der Waals surface area contributed by atoms with Gasteiger partial charge in [0, 0.05) is 25.1 Å². The SMILES string of the molecule is CCOc1ccc(/C=C2\SC(=O)N(CCNC(=O)c3ccc4c(c3)OCCCO4)C2=O)cc1OC. The number of rotatable bonds is 8. The Morgan fingerprint density at radius 1 is 1.11 bits per heavy atom. The number of amides is 3. The Kier molecular flexibility index (Phi) is 7.81. The smallest absolute Gasteiger partial charge is 0.293 e. The molecule has 0 aliphatic carbocycles. The Hall–Kier alpha value is -3.66. The summed E-state index contributed by atoms with van der Waals surface area (Å²) >= 11 is 0.861. The molecular formula is C25H26N2O7S. The summed E-state index contributed by atoms with van der Waals surface area (Å²) in [4.78, 5) is 39.2. The van der Waals surface area contributed by atoms with Gasteiger partial charge in [-0.25, -0.2) is 0 Å². The molecule has 2 aromatic rings. The first-order valence-corrected chi connectivity index (χ1v) is 12.1. The van der Waals surface area contributed by atoms with Crippen LogP contribution in [-0.4, -0.2) is 62.0 Å². The van der Waals surface area contributed by atoms with Gasteiger partial charge in [-0.15, -0.1) is 0 Å². The summed E-state index contributed by atoms with van der Waals surface area (Å²) in [6.45, 7) is 3.65. The summed E-state index contributed by atoms with van der Waals surface area (Å²) in [6, 6.07) is 10.3. The Bertz CT molecular complexity index is 1160. The third kappa shape index (κ3) is 5.71. The highest BCUT2D eigenvalue weighted by Gasteiger charge is 2.34. The molecule has 2 heterocycles. The molecule has 0 atom stereocenters. The lowest BCUT2D eigenvalue weighted by molar-refractivity contribution is -0.122. The first-order valence-electron chi connectivity index (χ1n) is 11.2. The summed E-state index contributed by atoms with van der Waals surface area (Å²) in [5.41, 5.74) is 1.12. The van der Waals surface area contributed by atoms with Crippen molar-refractivity contribution < 1.29 is 33.3 Å². The molecule has 0 saturated carbocycles. The van der Waals surface area contributed by atoms with Gasteiger partial charge >= 0.3 is 0 Å². The maximum absolute atomic E-state index is 12.8. The average Bonchev–Trinajstić information content (AvgIpc) is 3.02. The van der Waals surface area contributed by atoms with E-state index in [9.17, 15) is 14.4 Å². The van der Waals surface area contributed by atoms with Crippen LogP contribution in [0.3, 0.4) is 0 Å². The number of carbonyl (C=O) groups is 3. The summed E-state index contributed by atoms with van der Waals surface area (Å²) < 4.78 is 22.1. The number of hydrogen-bond donors (Lipinski definition) is 1. The molecule has 0 bridgehead atoms. The van der Waals surface area contributed by atoms with Crippen LogP contribution in [0.5, 0.6) is 23.0 Å². The molecule has 3 amide bonds. The quantitative estimate of drug-likeness (QED) is 0.550. The summed E-state index contributed by atoms with van der Waals surface area (Å²) in [5, 5.41) is 2.36. The molecule has 10 heteroatoms. The highest BCUT2D eigenvalue weighted by atomic mass is 32.2. The van der Waals surface area contributed by atoms with E-state index in [1.165, 1.54) is 7.11 Å². The lowest BCUT2D eigenvalue weighted by Crippen LogP contribution is -2.37. The van der Waals surface area contributed by atoms with Gasteiger partial charge in [0.05, 0.1) is 31.8 Å². The molecule has 1 N–H and O–H groups in total. The van der Waals surface area contributed by atoms with E-state index >= 15 is 0 Å². The fourth-order valence-electron chi connectivity index (χ4n) is 3.58. The van der Waals surface area contributed by atoms with E-state index in [2.05, 4.69) is 5.32 Å². The molecule has 9 nitrogen and oxygen atoms in total. The van der Waals surface area contributed by atoms with E-state index in [4.69, 9.17) is 18.9 Å². The van der Waals surface area contributed by atoms with Gasteiger partial charge in [0.2, 0.25) is 0 Å². The number of hydrogen-bond acceptors (Lipinski definition) is 8. The molecule has 1 fully saturated rings. The number of carbonyl (C=O) groups excluding carboxylic acids is 3. The minimum absolute atomic E-state index is 0.0604. The van der Waals surface area contributed by atoms with Crippen molar-refractivity contribution in [1.29, 1.82) is 0 Å². The molecule has 0 spiro atoms. The number of thioether (sulfide) groups is 1. The largest absolute Gasteiger partial charge is 0.493 e. The molecule has 184 valence electrons. The van der Waals surface area contributed by atoms with Crippen molar-refractivity contribution in [3.8, 4) is 23.0 Å². The maximum atomic E-state index is 12.8. The monoisotopic (exact) mass is 498 g/mol. The highest BCUT2D eigenvalue weighted by molar-refractivity contribution is 8.18. The van der Waals surface area contributed by atoms with E-state index in [1.54, 1.807) is 42.5 Å². The van der Waals surface area contributed by atoms with Crippen molar-refractivity contribution in [3.05, 3.63) is 52.4 Å². The summed E-state index contributed by atoms with van der Waals surface area (Å²) in [5.74, 6) is 1.54. The molecule has 0 radical (unpaired) electrons. The lowest BCUT2D eigenvalue weighted by Gasteiger charge is -2.14. The third-order valence-corrected chi connectivity index (χ3v) is 6.20. The van der Waals surface area contributed by atoms with Gasteiger partial charge in [-0.3, -0.25) is 19.3 Å². The Balaban J connectivity index is 1.36. The second kappa shape index (κ2) is 11.2. The predicted molar refractivity (Wildman–Crippen MR) is 131 cm³/mol. The number of ether oxygens (including phenoxy) is 4. The molecule has 2 aromatic carbocycles. The first-order chi connectivity index (χ1) is 17.0. The van der Waals surface area contributed by atoms with Gasteiger partial charge in [0.15, 0.2) is 23.0 Å². The van der Waals surface area contributed by atoms with Crippen LogP contribution >= 0.6 is 11.8 Å². The molecule has 0 aromatic heterocycles. The standard InChI is InChI=1S/C25H26N2O7S/c1-3-32-18-7-5-16(13-20(18)31-2)14-22-24(29)27(25(30)35-22)10-9-26-23(28)17-6-8-19-21(15-17)34-12-4-11-33-19/h5-8,13-15H,3-4,9-12H2,1-2H3,(H,26,28)/b22-14-. The van der Waals surface area contributed by atoms with Crippen LogP contribution in [0.2, 0.25) is 0 Å². The van der Waals surface area contributed by atoms with Crippen LogP contribution in [0.25, 0.3) is 6.08 Å². The van der Waals surface area contributed by atoms with Crippen LogP contribution in [0.4, 0.5) is 4.79 Å². The van der Waals surface area contributed by atoms with Crippen LogP contribution in [0.15, 0.2) is 41.3 Å². The fourth-order valence-corrected chi connectivity index (χ4v) is 4.45. The summed E-state index contributed by atoms with van der Waals surface area (Å²) in [7, 11) is 1.54. The minimum atomic E-state index is -0.405. The van der Waals surface area contributed by atoms with Crippen molar-refractivity contribution in [1.82, 2.24) is 10.2 Å². The number of nitrogens with one attached hydrogen (secondary N) is 1. The highest BCUT2D eigenvalue weighted by Crippen LogP contribution is 2.34. The topological polar surface area (TPSA) is 103 Å². The molecule has 2 aliphatic rings. The van der Waals surface area contributed by atoms with Crippen LogP contribution < -0.4 is 24.3 Å². The number of imide groups is 1. The molecule has 1 saturated heterocycles. The third-order valence-electron chi connectivity index (χ3n) is 5.29. The van der Waals surface area contributed by atoms with Crippen LogP contribution in [-0.2, 0) is 4.79 Å². The number of methoxy groups -OCH3 is 1. The molecular weight excluding hydrogens is 472 g/mol. The van der Waals surface area contributed by atoms with Crippen LogP contribution in [0.1, 0.15) is 29.3 Å². The summed E-state index contributed by atoms with van der Waals surface area (Å²) in [6.07, 6.45) is 2.41. The van der Waals surface area contributed by atoms with Gasteiger partial charge in [0.1, 0.15) is 0 Å². The van der Waals surface area contributed by atoms with E-state index in [0.717, 1.165) is 23.1 Å². The van der Waals surface area contributed by atoms with Gasteiger partial charge in [0.25, 0.3) is 17.1 Å². The number of benzene rings is 2. The molecule has 2 aliphatic heterocycles. The predicted octanol–water partition coefficient (Wildman–Crippen LogP) is 3.72. The Morgan fingerprint density at radius 3 is 2.69 bits per heavy atom. The fraction of sp³-hybridized carbons (Fsp3) is 0.320. The Labute approximate surface area is 207 Å². The van der Waals surface area contributed by atoms with E-state index in [1.807, 2.05) is 6.92 Å². The second-order valence-corrected chi connectivity index (χ2v) is 8.64. The maximum Gasteiger partial charge on any atom is 0.293 e. The van der Waals surface area contributed by atoms with Gasteiger partial charge < -0.3 is 24.3 Å². The van der Waals surface area contributed by atoms with Crippen molar-refractivity contribution in [2.24, 2.45) is 0 Å². The zero-order valence-electron chi connectivity index (χ0n) is 19.5. The molecule has 0 unspecified atom stereocenters. The van der Waals surface area contributed by atoms with E-state index in [-0.39, 0.29) is 24.2 Å². The lowest BCUT2D eigenvalue weighted by atomic mass is 10.2. The van der Waals surface area contributed by atoms with Crippen molar-refractivity contribution in [2.75, 3.05) is 40.0 Å². The second-order valence-electron chi connectivity index (χ2n) is 7.64. The zero-order valence-corrected chi connectivity index (χ0v) is 20.3. The number of fused-ring (bicyclic) bond motifs is 1.